The first-order valence-corrected chi connectivity index (χ1v) is 10.7. The normalized spacial score (nSPS) is 14.7. The molecule has 1 saturated heterocycles. The molecule has 8 nitrogen and oxygen atoms in total. The van der Waals surface area contributed by atoms with Crippen LogP contribution in [0.3, 0.4) is 0 Å². The average Bonchev–Trinajstić information content (AvgIpc) is 2.79. The highest BCUT2D eigenvalue weighted by Gasteiger charge is 2.20. The van der Waals surface area contributed by atoms with E-state index in [1.54, 1.807) is 43.1 Å². The highest BCUT2D eigenvalue weighted by atomic mass is 16.5. The number of nitrogens with zero attached hydrogens (tertiary/aromatic N) is 2. The molecule has 2 N–H and O–H groups in total. The van der Waals surface area contributed by atoms with E-state index in [0.29, 0.717) is 16.9 Å². The number of likely N-dealkylation sites (N-methyl/N-ethyl adjacent to an activating group) is 1. The van der Waals surface area contributed by atoms with Crippen molar-refractivity contribution in [2.45, 2.75) is 19.9 Å². The number of Topliss-reactive ketones (excluding diaryl/α,β-unsaturated/α-hetero) is 1. The van der Waals surface area contributed by atoms with Crippen molar-refractivity contribution in [2.24, 2.45) is 0 Å². The van der Waals surface area contributed by atoms with Crippen LogP contribution >= 0.6 is 0 Å². The number of hydrogen-bond acceptors (Lipinski definition) is 6. The summed E-state index contributed by atoms with van der Waals surface area (Å²) in [6.45, 7) is 6.47. The Morgan fingerprint density at radius 3 is 2.12 bits per heavy atom. The number of carbonyl (C=O) groups is 3. The molecule has 2 aromatic carbocycles. The predicted octanol–water partition coefficient (Wildman–Crippen LogP) is 2.62. The van der Waals surface area contributed by atoms with E-state index in [0.717, 1.165) is 32.0 Å². The van der Waals surface area contributed by atoms with E-state index in [1.165, 1.54) is 6.92 Å². The summed E-state index contributed by atoms with van der Waals surface area (Å²) in [6.07, 6.45) is 0. The molecule has 0 saturated carbocycles. The molecule has 1 aliphatic heterocycles. The number of ether oxygens (including phenoxy) is 1. The summed E-state index contributed by atoms with van der Waals surface area (Å²) < 4.78 is 5.37. The number of hydrogen-bond donors (Lipinski definition) is 2. The topological polar surface area (TPSA) is 91.0 Å². The number of anilines is 3. The van der Waals surface area contributed by atoms with Gasteiger partial charge >= 0.3 is 0 Å². The lowest BCUT2D eigenvalue weighted by molar-refractivity contribution is -0.122. The summed E-state index contributed by atoms with van der Waals surface area (Å²) >= 11 is 0. The maximum absolute atomic E-state index is 12.5. The van der Waals surface area contributed by atoms with Gasteiger partial charge in [0.05, 0.1) is 25.8 Å². The molecule has 0 unspecified atom stereocenters. The van der Waals surface area contributed by atoms with E-state index < -0.39 is 6.04 Å². The van der Waals surface area contributed by atoms with Gasteiger partial charge in [0.25, 0.3) is 0 Å². The minimum Gasteiger partial charge on any atom is -0.378 e. The van der Waals surface area contributed by atoms with Crippen LogP contribution in [0.1, 0.15) is 24.2 Å². The van der Waals surface area contributed by atoms with Gasteiger partial charge in [-0.15, -0.1) is 0 Å². The summed E-state index contributed by atoms with van der Waals surface area (Å²) in [5.41, 5.74) is 3.00. The Balaban J connectivity index is 1.48. The third kappa shape index (κ3) is 6.38. The van der Waals surface area contributed by atoms with Gasteiger partial charge in [-0.2, -0.15) is 0 Å². The van der Waals surface area contributed by atoms with Gasteiger partial charge in [-0.25, -0.2) is 0 Å². The summed E-state index contributed by atoms with van der Waals surface area (Å²) in [4.78, 5) is 40.3. The Hall–Kier alpha value is -3.23. The van der Waals surface area contributed by atoms with E-state index in [4.69, 9.17) is 4.74 Å². The van der Waals surface area contributed by atoms with Crippen LogP contribution in [0, 0.1) is 0 Å². The zero-order chi connectivity index (χ0) is 23.1. The molecule has 3 rings (SSSR count). The summed E-state index contributed by atoms with van der Waals surface area (Å²) in [5.74, 6) is -0.458. The largest absolute Gasteiger partial charge is 0.378 e. The standard InChI is InChI=1S/C24H30N4O4/c1-17(24(31)26-21-6-4-19(5-7-21)18(2)29)27(3)16-23(30)25-20-8-10-22(11-9-20)28-12-14-32-15-13-28/h4-11,17H,12-16H2,1-3H3,(H,25,30)(H,26,31)/t17-/m0/s1. The lowest BCUT2D eigenvalue weighted by Gasteiger charge is -2.29. The van der Waals surface area contributed by atoms with Crippen LogP contribution in [0.5, 0.6) is 0 Å². The van der Waals surface area contributed by atoms with Gasteiger partial charge in [-0.1, -0.05) is 0 Å². The molecule has 0 aliphatic carbocycles. The molecule has 32 heavy (non-hydrogen) atoms. The van der Waals surface area contributed by atoms with Gasteiger partial charge in [0, 0.05) is 35.7 Å². The maximum Gasteiger partial charge on any atom is 0.241 e. The molecular weight excluding hydrogens is 408 g/mol. The van der Waals surface area contributed by atoms with Gasteiger partial charge in [-0.05, 0) is 69.4 Å². The van der Waals surface area contributed by atoms with Crippen LogP contribution in [0.2, 0.25) is 0 Å². The molecule has 0 spiro atoms. The Bertz CT molecular complexity index is 937. The second-order valence-corrected chi connectivity index (χ2v) is 7.91. The van der Waals surface area contributed by atoms with Crippen molar-refractivity contribution < 1.29 is 19.1 Å². The number of carbonyl (C=O) groups excluding carboxylic acids is 3. The van der Waals surface area contributed by atoms with Crippen LogP contribution in [-0.4, -0.2) is 68.4 Å². The second-order valence-electron chi connectivity index (χ2n) is 7.91. The third-order valence-corrected chi connectivity index (χ3v) is 5.52. The van der Waals surface area contributed by atoms with Crippen molar-refractivity contribution >= 4 is 34.7 Å². The average molecular weight is 439 g/mol. The molecular formula is C24H30N4O4. The SMILES string of the molecule is CC(=O)c1ccc(NC(=O)[C@H](C)N(C)CC(=O)Nc2ccc(N3CCOCC3)cc2)cc1. The molecule has 0 radical (unpaired) electrons. The van der Waals surface area contributed by atoms with E-state index in [9.17, 15) is 14.4 Å². The fourth-order valence-electron chi connectivity index (χ4n) is 3.38. The molecule has 1 atom stereocenters. The van der Waals surface area contributed by atoms with Gasteiger partial charge in [0.1, 0.15) is 0 Å². The number of nitrogens with one attached hydrogen (secondary N) is 2. The van der Waals surface area contributed by atoms with Crippen molar-refractivity contribution in [3.05, 3.63) is 54.1 Å². The molecule has 1 aliphatic rings. The minimum atomic E-state index is -0.517. The Morgan fingerprint density at radius 2 is 1.53 bits per heavy atom. The lowest BCUT2D eigenvalue weighted by atomic mass is 10.1. The summed E-state index contributed by atoms with van der Waals surface area (Å²) in [6, 6.07) is 13.9. The summed E-state index contributed by atoms with van der Waals surface area (Å²) in [7, 11) is 1.73. The van der Waals surface area contributed by atoms with Crippen LogP contribution in [0.15, 0.2) is 48.5 Å². The van der Waals surface area contributed by atoms with Crippen molar-refractivity contribution in [1.82, 2.24) is 4.90 Å². The van der Waals surface area contributed by atoms with E-state index in [-0.39, 0.29) is 24.1 Å². The zero-order valence-electron chi connectivity index (χ0n) is 18.8. The quantitative estimate of drug-likeness (QED) is 0.616. The Kier molecular flexibility index (Phi) is 7.97. The number of rotatable bonds is 8. The molecule has 1 heterocycles. The molecule has 1 fully saturated rings. The first kappa shape index (κ1) is 23.4. The van der Waals surface area contributed by atoms with E-state index in [1.807, 2.05) is 24.3 Å². The van der Waals surface area contributed by atoms with Crippen LogP contribution in [0.4, 0.5) is 17.1 Å². The molecule has 8 heteroatoms. The highest BCUT2D eigenvalue weighted by Crippen LogP contribution is 2.19. The van der Waals surface area contributed by atoms with Crippen LogP contribution in [0.25, 0.3) is 0 Å². The Morgan fingerprint density at radius 1 is 0.969 bits per heavy atom. The van der Waals surface area contributed by atoms with E-state index in [2.05, 4.69) is 15.5 Å². The van der Waals surface area contributed by atoms with Gasteiger partial charge in [-0.3, -0.25) is 19.3 Å². The van der Waals surface area contributed by atoms with Gasteiger partial charge in [0.2, 0.25) is 11.8 Å². The third-order valence-electron chi connectivity index (χ3n) is 5.52. The zero-order valence-corrected chi connectivity index (χ0v) is 18.8. The summed E-state index contributed by atoms with van der Waals surface area (Å²) in [5, 5.41) is 5.69. The van der Waals surface area contributed by atoms with E-state index >= 15 is 0 Å². The highest BCUT2D eigenvalue weighted by molar-refractivity contribution is 5.97. The Labute approximate surface area is 188 Å². The van der Waals surface area contributed by atoms with Gasteiger partial charge in [0.15, 0.2) is 5.78 Å². The number of morpholine rings is 1. The van der Waals surface area contributed by atoms with Crippen LogP contribution < -0.4 is 15.5 Å². The minimum absolute atomic E-state index is 0.0299. The molecule has 0 aromatic heterocycles. The monoisotopic (exact) mass is 438 g/mol. The number of ketones is 1. The number of amides is 2. The molecule has 170 valence electrons. The first-order valence-electron chi connectivity index (χ1n) is 10.7. The predicted molar refractivity (Wildman–Crippen MR) is 125 cm³/mol. The fraction of sp³-hybridized carbons (Fsp3) is 0.375. The molecule has 2 aromatic rings. The first-order chi connectivity index (χ1) is 15.3. The number of benzene rings is 2. The fourth-order valence-corrected chi connectivity index (χ4v) is 3.38. The van der Waals surface area contributed by atoms with Crippen molar-refractivity contribution in [3.63, 3.8) is 0 Å². The smallest absolute Gasteiger partial charge is 0.241 e. The van der Waals surface area contributed by atoms with Crippen molar-refractivity contribution in [2.75, 3.05) is 55.4 Å². The van der Waals surface area contributed by atoms with Crippen molar-refractivity contribution in [3.8, 4) is 0 Å². The maximum atomic E-state index is 12.5. The second kappa shape index (κ2) is 10.9. The van der Waals surface area contributed by atoms with Crippen molar-refractivity contribution in [1.29, 1.82) is 0 Å². The lowest BCUT2D eigenvalue weighted by Crippen LogP contribution is -2.43. The van der Waals surface area contributed by atoms with Crippen LogP contribution in [-0.2, 0) is 14.3 Å². The van der Waals surface area contributed by atoms with Gasteiger partial charge < -0.3 is 20.3 Å². The molecule has 0 bridgehead atoms. The molecule has 2 amide bonds.